The highest BCUT2D eigenvalue weighted by atomic mass is 28.4. The van der Waals surface area contributed by atoms with Crippen molar-refractivity contribution >= 4 is 68.1 Å². The first-order valence-corrected chi connectivity index (χ1v) is 32.1. The summed E-state index contributed by atoms with van der Waals surface area (Å²) in [6, 6.07) is 21.2. The van der Waals surface area contributed by atoms with Crippen molar-refractivity contribution in [2.24, 2.45) is 22.7 Å². The molecule has 8 N–H and O–H groups in total. The van der Waals surface area contributed by atoms with Crippen LogP contribution < -0.4 is 32.3 Å². The number of guanidine groups is 1. The van der Waals surface area contributed by atoms with Gasteiger partial charge in [-0.05, 0) is 92.2 Å². The van der Waals surface area contributed by atoms with Gasteiger partial charge in [0.1, 0.15) is 55.6 Å². The number of primary amides is 1. The smallest absolute Gasteiger partial charge is 0.416 e. The standard InChI is InChI=1S/C61H90N12O14Si/c1-12-88(13-2,14-3)87-45(36-65-71-64)35-47(55(78)72(11)48(32-33-49(62)74)56(79)83-37-42-25-18-15-19-26-42)66-53(76)50(40(4)5)69-54(77)51(41(6)7)68-52(75)46(67-59(81)86-61(8,9)10)31-24-34-73(60(82)85-39-44-29-22-17-23-30-44)57(63)70-58(80)84-38-43-27-20-16-21-28-43/h15-23,25-30,40-41,45-48,50-51H,12-14,24,31-39H2,1-11H3,(H2,62,74)(H,66,76)(H,67,81)(H,68,75)(H,69,77)(H2,63,70,80)/t45?,46-,47-,48-,50-,51-/m0/s1. The molecular formula is C61H90N12O14Si. The van der Waals surface area contributed by atoms with Crippen molar-refractivity contribution in [3.05, 3.63) is 118 Å². The number of azide groups is 1. The van der Waals surface area contributed by atoms with E-state index in [4.69, 9.17) is 34.5 Å². The maximum Gasteiger partial charge on any atom is 0.416 e. The Morgan fingerprint density at radius 1 is 0.670 bits per heavy atom. The summed E-state index contributed by atoms with van der Waals surface area (Å²) in [5, 5.41) is 25.5. The largest absolute Gasteiger partial charge is 0.459 e. The first kappa shape index (κ1) is 73.7. The first-order valence-electron chi connectivity index (χ1n) is 29.6. The van der Waals surface area contributed by atoms with Crippen LogP contribution in [-0.4, -0.2) is 140 Å². The van der Waals surface area contributed by atoms with E-state index in [1.165, 1.54) is 7.05 Å². The maximum atomic E-state index is 15.0. The molecule has 0 aliphatic heterocycles. The molecule has 482 valence electrons. The van der Waals surface area contributed by atoms with Gasteiger partial charge >= 0.3 is 24.2 Å². The van der Waals surface area contributed by atoms with E-state index in [0.29, 0.717) is 34.8 Å². The molecule has 0 radical (unpaired) electrons. The minimum Gasteiger partial charge on any atom is -0.459 e. The molecule has 3 aromatic carbocycles. The third-order valence-corrected chi connectivity index (χ3v) is 19.0. The zero-order chi connectivity index (χ0) is 65.6. The molecule has 3 rings (SSSR count). The molecule has 0 spiro atoms. The molecule has 6 atom stereocenters. The van der Waals surface area contributed by atoms with Crippen LogP contribution in [0.25, 0.3) is 10.4 Å². The van der Waals surface area contributed by atoms with E-state index in [1.807, 2.05) is 20.8 Å². The number of hydrogen-bond donors (Lipinski definition) is 7. The highest BCUT2D eigenvalue weighted by molar-refractivity contribution is 6.73. The number of nitrogens with zero attached hydrogens (tertiary/aromatic N) is 5. The molecule has 0 aliphatic carbocycles. The maximum absolute atomic E-state index is 15.0. The van der Waals surface area contributed by atoms with Gasteiger partial charge in [0.2, 0.25) is 35.5 Å². The number of rotatable bonds is 34. The fourth-order valence-electron chi connectivity index (χ4n) is 9.11. The molecule has 0 aromatic heterocycles. The average molecular weight is 1240 g/mol. The Morgan fingerprint density at radius 3 is 1.64 bits per heavy atom. The van der Waals surface area contributed by atoms with Gasteiger partial charge in [0.25, 0.3) is 0 Å². The van der Waals surface area contributed by atoms with Gasteiger partial charge in [-0.25, -0.2) is 24.1 Å². The van der Waals surface area contributed by atoms with Crippen LogP contribution in [-0.2, 0) is 72.0 Å². The SMILES string of the molecule is CC[Si](CC)(CC)OC(CN=[N+]=[N-])C[C@H](NC(=O)[C@@H](NC(=O)[C@@H](NC(=O)[C@H](CCCN(C(=N)NC(=O)OCc1ccccc1)C(=O)OCc1ccccc1)NC(=O)OC(C)(C)C)C(C)C)C(C)C)C(=O)N(C)[C@@H](CCC(N)=O)C(=O)OCc1ccccc1. The molecule has 88 heavy (non-hydrogen) atoms. The molecule has 1 unspecified atom stereocenters. The van der Waals surface area contributed by atoms with Gasteiger partial charge in [0.15, 0.2) is 8.32 Å². The molecule has 26 nitrogen and oxygen atoms in total. The Bertz CT molecular complexity index is 2810. The van der Waals surface area contributed by atoms with E-state index in [0.717, 1.165) is 9.80 Å². The summed E-state index contributed by atoms with van der Waals surface area (Å²) < 4.78 is 28.7. The van der Waals surface area contributed by atoms with Gasteiger partial charge in [-0.15, -0.1) is 0 Å². The van der Waals surface area contributed by atoms with Crippen molar-refractivity contribution in [2.45, 2.75) is 181 Å². The lowest BCUT2D eigenvalue weighted by Crippen LogP contribution is -2.61. The minimum absolute atomic E-state index is 0.116. The van der Waals surface area contributed by atoms with Gasteiger partial charge in [0, 0.05) is 31.3 Å². The van der Waals surface area contributed by atoms with Crippen molar-refractivity contribution in [2.75, 3.05) is 20.1 Å². The van der Waals surface area contributed by atoms with E-state index in [2.05, 4.69) is 36.6 Å². The van der Waals surface area contributed by atoms with E-state index in [1.54, 1.807) is 139 Å². The van der Waals surface area contributed by atoms with Crippen LogP contribution in [0, 0.1) is 17.2 Å². The number of ether oxygens (including phenoxy) is 4. The zero-order valence-corrected chi connectivity index (χ0v) is 53.5. The van der Waals surface area contributed by atoms with Crippen LogP contribution in [0.3, 0.4) is 0 Å². The molecule has 8 amide bonds. The monoisotopic (exact) mass is 1240 g/mol. The Kier molecular flexibility index (Phi) is 31.2. The van der Waals surface area contributed by atoms with E-state index >= 15 is 0 Å². The number of esters is 1. The lowest BCUT2D eigenvalue weighted by atomic mass is 9.98. The van der Waals surface area contributed by atoms with Gasteiger partial charge in [0.05, 0.1) is 12.6 Å². The number of nitrogens with two attached hydrogens (primary N) is 1. The van der Waals surface area contributed by atoms with Crippen molar-refractivity contribution < 1.29 is 66.5 Å². The molecule has 27 heteroatoms. The summed E-state index contributed by atoms with van der Waals surface area (Å²) in [6.07, 6.45) is -5.13. The normalized spacial score (nSPS) is 13.3. The van der Waals surface area contributed by atoms with Gasteiger partial charge in [-0.2, -0.15) is 0 Å². The zero-order valence-electron chi connectivity index (χ0n) is 52.5. The van der Waals surface area contributed by atoms with Crippen LogP contribution >= 0.6 is 0 Å². The Labute approximate surface area is 516 Å². The van der Waals surface area contributed by atoms with Crippen LogP contribution in [0.1, 0.15) is 118 Å². The quantitative estimate of drug-likeness (QED) is 0.00438. The van der Waals surface area contributed by atoms with E-state index in [-0.39, 0.29) is 65.0 Å². The average Bonchev–Trinajstić information content (AvgIpc) is 3.70. The number of likely N-dealkylation sites (N-methyl/N-ethyl adjacent to an activating group) is 1. The Morgan fingerprint density at radius 2 is 1.16 bits per heavy atom. The fraction of sp³-hybridized carbons (Fsp3) is 0.541. The van der Waals surface area contributed by atoms with Gasteiger partial charge in [-0.1, -0.05) is 145 Å². The molecule has 0 fully saturated rings. The third-order valence-electron chi connectivity index (χ3n) is 14.3. The lowest BCUT2D eigenvalue weighted by Gasteiger charge is -2.36. The number of carbonyl (C=O) groups is 9. The molecule has 3 aromatic rings. The van der Waals surface area contributed by atoms with E-state index < -0.39 is 122 Å². The van der Waals surface area contributed by atoms with Crippen LogP contribution in [0.2, 0.25) is 18.1 Å². The first-order chi connectivity index (χ1) is 41.7. The highest BCUT2D eigenvalue weighted by Crippen LogP contribution is 2.26. The molecular weight excluding hydrogens is 1150 g/mol. The number of nitrogens with one attached hydrogen (secondary N) is 6. The summed E-state index contributed by atoms with van der Waals surface area (Å²) in [5.74, 6) is -7.01. The number of amides is 8. The number of hydrogen-bond acceptors (Lipinski definition) is 16. The predicted octanol–water partition coefficient (Wildman–Crippen LogP) is 7.85. The minimum atomic E-state index is -2.50. The number of alkyl carbamates (subject to hydrolysis) is 2. The molecule has 0 aliphatic rings. The lowest BCUT2D eigenvalue weighted by molar-refractivity contribution is -0.156. The number of carbonyl (C=O) groups excluding carboxylic acids is 9. The molecule has 0 saturated carbocycles. The van der Waals surface area contributed by atoms with Crippen molar-refractivity contribution in [3.8, 4) is 0 Å². The topological polar surface area (TPSA) is 365 Å². The van der Waals surface area contributed by atoms with Crippen molar-refractivity contribution in [1.29, 1.82) is 5.41 Å². The second-order valence-electron chi connectivity index (χ2n) is 22.8. The summed E-state index contributed by atoms with van der Waals surface area (Å²) in [6.45, 7) is 16.3. The predicted molar refractivity (Wildman–Crippen MR) is 331 cm³/mol. The van der Waals surface area contributed by atoms with Crippen LogP contribution in [0.5, 0.6) is 0 Å². The number of benzene rings is 3. The second-order valence-corrected chi connectivity index (χ2v) is 27.5. The summed E-state index contributed by atoms with van der Waals surface area (Å²) in [5.41, 5.74) is 15.9. The Balaban J connectivity index is 1.98. The summed E-state index contributed by atoms with van der Waals surface area (Å²) >= 11 is 0. The van der Waals surface area contributed by atoms with E-state index in [9.17, 15) is 48.7 Å². The van der Waals surface area contributed by atoms with Gasteiger partial charge in [-0.3, -0.25) is 34.7 Å². The van der Waals surface area contributed by atoms with Crippen molar-refractivity contribution in [1.82, 2.24) is 36.4 Å². The molecule has 0 bridgehead atoms. The second kappa shape index (κ2) is 37.2. The fourth-order valence-corrected chi connectivity index (χ4v) is 12.0. The van der Waals surface area contributed by atoms with Crippen molar-refractivity contribution in [3.63, 3.8) is 0 Å². The third kappa shape index (κ3) is 25.8. The molecule has 0 saturated heterocycles. The van der Waals surface area contributed by atoms with Crippen LogP contribution in [0.15, 0.2) is 96.1 Å². The van der Waals surface area contributed by atoms with Crippen LogP contribution in [0.4, 0.5) is 14.4 Å². The summed E-state index contributed by atoms with van der Waals surface area (Å²) in [4.78, 5) is 129. The summed E-state index contributed by atoms with van der Waals surface area (Å²) in [7, 11) is -1.18. The molecule has 0 heterocycles. The van der Waals surface area contributed by atoms with Gasteiger partial charge < -0.3 is 55.3 Å². The Hall–Kier alpha value is -8.55. The highest BCUT2D eigenvalue weighted by Gasteiger charge is 2.40.